The van der Waals surface area contributed by atoms with E-state index in [0.29, 0.717) is 23.7 Å². The maximum atomic E-state index is 12.7. The van der Waals surface area contributed by atoms with E-state index in [0.717, 1.165) is 5.52 Å². The fourth-order valence-corrected chi connectivity index (χ4v) is 2.67. The second-order valence-corrected chi connectivity index (χ2v) is 5.35. The maximum Gasteiger partial charge on any atom is 0.291 e. The van der Waals surface area contributed by atoms with Crippen LogP contribution in [0.15, 0.2) is 29.4 Å². The molecule has 0 N–H and O–H groups in total. The summed E-state index contributed by atoms with van der Waals surface area (Å²) in [5.41, 5.74) is 1.34. The van der Waals surface area contributed by atoms with E-state index in [1.54, 1.807) is 28.8 Å². The van der Waals surface area contributed by atoms with Crippen LogP contribution in [0.2, 0.25) is 0 Å². The molecule has 0 amide bonds. The van der Waals surface area contributed by atoms with Gasteiger partial charge in [-0.15, -0.1) is 0 Å². The van der Waals surface area contributed by atoms with Crippen molar-refractivity contribution in [1.29, 1.82) is 10.5 Å². The van der Waals surface area contributed by atoms with Gasteiger partial charge in [0, 0.05) is 13.0 Å². The highest BCUT2D eigenvalue weighted by Gasteiger charge is 2.18. The zero-order valence-corrected chi connectivity index (χ0v) is 11.9. The van der Waals surface area contributed by atoms with Crippen molar-refractivity contribution in [3.05, 3.63) is 24.3 Å². The van der Waals surface area contributed by atoms with Gasteiger partial charge in [-0.2, -0.15) is 19.3 Å². The Morgan fingerprint density at radius 3 is 2.71 bits per heavy atom. The number of para-hydroxylation sites is 2. The monoisotopic (exact) mass is 306 g/mol. The molecule has 1 aromatic carbocycles. The predicted molar refractivity (Wildman–Crippen MR) is 75.5 cm³/mol. The molecule has 7 heteroatoms. The lowest BCUT2D eigenvalue weighted by atomic mass is 10.1. The normalized spacial score (nSPS) is 12.2. The summed E-state index contributed by atoms with van der Waals surface area (Å²) in [5, 5.41) is 17.9. The Morgan fingerprint density at radius 1 is 1.29 bits per heavy atom. The van der Waals surface area contributed by atoms with Crippen molar-refractivity contribution in [2.24, 2.45) is 5.92 Å². The minimum absolute atomic E-state index is 0.198. The zero-order chi connectivity index (χ0) is 15.2. The minimum Gasteiger partial charge on any atom is -0.317 e. The van der Waals surface area contributed by atoms with Crippen LogP contribution in [-0.2, 0) is 6.54 Å². The van der Waals surface area contributed by atoms with E-state index in [-0.39, 0.29) is 18.1 Å². The summed E-state index contributed by atoms with van der Waals surface area (Å²) in [6.07, 6.45) is 0.681. The summed E-state index contributed by atoms with van der Waals surface area (Å²) in [5.74, 6) is -2.97. The van der Waals surface area contributed by atoms with Crippen LogP contribution in [0.5, 0.6) is 0 Å². The third kappa shape index (κ3) is 3.71. The van der Waals surface area contributed by atoms with Crippen molar-refractivity contribution in [3.8, 4) is 12.1 Å². The topological polar surface area (TPSA) is 65.4 Å². The third-order valence-corrected chi connectivity index (χ3v) is 3.70. The zero-order valence-electron chi connectivity index (χ0n) is 11.0. The Labute approximate surface area is 125 Å². The molecule has 1 aromatic heterocycles. The number of halogens is 2. The lowest BCUT2D eigenvalue weighted by Crippen LogP contribution is -2.10. The molecule has 21 heavy (non-hydrogen) atoms. The molecular weight excluding hydrogens is 294 g/mol. The standard InChI is InChI=1S/C14H12F2N4S/c15-13(16)21-14-19-11-5-1-2-6-12(11)20(14)9-10(8-18)4-3-7-17/h1-2,5-6,10,13H,3-4,9H2/t10-/m0/s1. The number of rotatable bonds is 6. The minimum atomic E-state index is -2.57. The lowest BCUT2D eigenvalue weighted by Gasteiger charge is -2.12. The Balaban J connectivity index is 2.35. The van der Waals surface area contributed by atoms with Crippen LogP contribution in [0.1, 0.15) is 12.8 Å². The number of hydrogen-bond donors (Lipinski definition) is 0. The van der Waals surface area contributed by atoms with Crippen LogP contribution in [0, 0.1) is 28.6 Å². The number of imidazole rings is 1. The number of thioether (sulfide) groups is 1. The van der Waals surface area contributed by atoms with E-state index in [2.05, 4.69) is 11.1 Å². The fourth-order valence-electron chi connectivity index (χ4n) is 2.06. The first-order chi connectivity index (χ1) is 10.2. The molecular formula is C14H12F2N4S. The summed E-state index contributed by atoms with van der Waals surface area (Å²) >= 11 is 0.371. The van der Waals surface area contributed by atoms with E-state index in [9.17, 15) is 8.78 Å². The molecule has 4 nitrogen and oxygen atoms in total. The Kier molecular flexibility index (Phi) is 5.13. The highest BCUT2D eigenvalue weighted by atomic mass is 32.2. The molecule has 108 valence electrons. The van der Waals surface area contributed by atoms with Gasteiger partial charge in [-0.25, -0.2) is 4.98 Å². The molecule has 1 heterocycles. The van der Waals surface area contributed by atoms with Crippen molar-refractivity contribution in [3.63, 3.8) is 0 Å². The van der Waals surface area contributed by atoms with E-state index in [4.69, 9.17) is 10.5 Å². The molecule has 0 spiro atoms. The molecule has 0 fully saturated rings. The number of aromatic nitrogens is 2. The molecule has 0 radical (unpaired) electrons. The Hall–Kier alpha value is -2.12. The van der Waals surface area contributed by atoms with Gasteiger partial charge in [0.05, 0.1) is 29.1 Å². The quantitative estimate of drug-likeness (QED) is 0.761. The summed E-state index contributed by atoms with van der Waals surface area (Å²) < 4.78 is 26.9. The van der Waals surface area contributed by atoms with Gasteiger partial charge in [0.2, 0.25) is 0 Å². The molecule has 0 unspecified atom stereocenters. The molecule has 0 aliphatic rings. The molecule has 0 bridgehead atoms. The second kappa shape index (κ2) is 7.05. The second-order valence-electron chi connectivity index (χ2n) is 4.40. The highest BCUT2D eigenvalue weighted by molar-refractivity contribution is 7.99. The van der Waals surface area contributed by atoms with Gasteiger partial charge in [0.15, 0.2) is 5.16 Å². The molecule has 0 aliphatic heterocycles. The van der Waals surface area contributed by atoms with Crippen LogP contribution < -0.4 is 0 Å². The first-order valence-electron chi connectivity index (χ1n) is 6.32. The number of nitriles is 2. The third-order valence-electron chi connectivity index (χ3n) is 3.00. The van der Waals surface area contributed by atoms with Gasteiger partial charge in [-0.3, -0.25) is 0 Å². The van der Waals surface area contributed by atoms with Crippen LogP contribution in [0.25, 0.3) is 11.0 Å². The largest absolute Gasteiger partial charge is 0.317 e. The number of fused-ring (bicyclic) bond motifs is 1. The van der Waals surface area contributed by atoms with Gasteiger partial charge >= 0.3 is 0 Å². The van der Waals surface area contributed by atoms with Crippen LogP contribution in [0.3, 0.4) is 0 Å². The number of benzene rings is 1. The van der Waals surface area contributed by atoms with Crippen molar-refractivity contribution < 1.29 is 8.78 Å². The van der Waals surface area contributed by atoms with Crippen LogP contribution >= 0.6 is 11.8 Å². The van der Waals surface area contributed by atoms with E-state index in [1.165, 1.54) is 0 Å². The Morgan fingerprint density at radius 2 is 2.05 bits per heavy atom. The number of hydrogen-bond acceptors (Lipinski definition) is 4. The summed E-state index contributed by atoms with van der Waals surface area (Å²) in [7, 11) is 0. The van der Waals surface area contributed by atoms with Crippen LogP contribution in [0.4, 0.5) is 8.78 Å². The first-order valence-corrected chi connectivity index (χ1v) is 7.20. The number of alkyl halides is 2. The van der Waals surface area contributed by atoms with Gasteiger partial charge in [0.25, 0.3) is 5.76 Å². The average Bonchev–Trinajstić information content (AvgIpc) is 2.80. The smallest absolute Gasteiger partial charge is 0.291 e. The van der Waals surface area contributed by atoms with Crippen molar-refractivity contribution >= 4 is 22.8 Å². The van der Waals surface area contributed by atoms with E-state index >= 15 is 0 Å². The van der Waals surface area contributed by atoms with Crippen molar-refractivity contribution in [2.45, 2.75) is 30.3 Å². The summed E-state index contributed by atoms with van der Waals surface area (Å²) in [6.45, 7) is 0.258. The van der Waals surface area contributed by atoms with Gasteiger partial charge in [-0.05, 0) is 30.3 Å². The summed E-state index contributed by atoms with van der Waals surface area (Å²) in [6, 6.07) is 11.2. The fraction of sp³-hybridized carbons (Fsp3) is 0.357. The van der Waals surface area contributed by atoms with Crippen LogP contribution in [-0.4, -0.2) is 15.3 Å². The first kappa shape index (κ1) is 15.3. The van der Waals surface area contributed by atoms with E-state index in [1.807, 2.05) is 6.07 Å². The van der Waals surface area contributed by atoms with Crippen molar-refractivity contribution in [2.75, 3.05) is 0 Å². The van der Waals surface area contributed by atoms with Crippen molar-refractivity contribution in [1.82, 2.24) is 9.55 Å². The van der Waals surface area contributed by atoms with Gasteiger partial charge in [0.1, 0.15) is 0 Å². The van der Waals surface area contributed by atoms with Gasteiger partial charge in [-0.1, -0.05) is 12.1 Å². The molecule has 2 aromatic rings. The molecule has 0 saturated carbocycles. The molecule has 0 saturated heterocycles. The van der Waals surface area contributed by atoms with E-state index < -0.39 is 11.7 Å². The average molecular weight is 306 g/mol. The molecule has 1 atom stereocenters. The lowest BCUT2D eigenvalue weighted by molar-refractivity contribution is 0.251. The highest BCUT2D eigenvalue weighted by Crippen LogP contribution is 2.29. The predicted octanol–water partition coefficient (Wildman–Crippen LogP) is 3.79. The molecule has 2 rings (SSSR count). The Bertz CT molecular complexity index is 699. The van der Waals surface area contributed by atoms with Gasteiger partial charge < -0.3 is 4.57 Å². The SMILES string of the molecule is N#CCC[C@@H](C#N)Cn1c(SC(F)F)nc2ccccc21. The molecule has 0 aliphatic carbocycles. The summed E-state index contributed by atoms with van der Waals surface area (Å²) in [4.78, 5) is 4.19. The maximum absolute atomic E-state index is 12.7. The number of nitrogens with zero attached hydrogens (tertiary/aromatic N) is 4.